The molecule has 0 saturated carbocycles. The number of hydrogen-bond donors (Lipinski definition) is 4. The van der Waals surface area contributed by atoms with Gasteiger partial charge in [-0.2, -0.15) is 5.26 Å². The van der Waals surface area contributed by atoms with Crippen LogP contribution >= 0.6 is 0 Å². The Labute approximate surface area is 250 Å². The van der Waals surface area contributed by atoms with Crippen LogP contribution in [-0.2, 0) is 27.1 Å². The van der Waals surface area contributed by atoms with Gasteiger partial charge in [0.2, 0.25) is 5.91 Å². The lowest BCUT2D eigenvalue weighted by atomic mass is 10.0. The second-order valence-corrected chi connectivity index (χ2v) is 9.94. The molecule has 3 aromatic rings. The van der Waals surface area contributed by atoms with Gasteiger partial charge in [0.25, 0.3) is 11.8 Å². The molecule has 1 heterocycles. The highest BCUT2D eigenvalue weighted by atomic mass is 16.6. The van der Waals surface area contributed by atoms with E-state index in [0.29, 0.717) is 11.3 Å². The number of anilines is 1. The number of likely N-dealkylation sites (N-methyl/N-ethyl adjacent to an activating group) is 1. The van der Waals surface area contributed by atoms with Crippen LogP contribution in [0.25, 0.3) is 0 Å². The maximum absolute atomic E-state index is 13.5. The molecule has 0 spiro atoms. The second-order valence-electron chi connectivity index (χ2n) is 9.94. The van der Waals surface area contributed by atoms with E-state index < -0.39 is 37.3 Å². The summed E-state index contributed by atoms with van der Waals surface area (Å²) >= 11 is 0. The zero-order valence-corrected chi connectivity index (χ0v) is 24.0. The number of carbonyl (C=O) groups excluding carboxylic acids is 3. The number of allylic oxidation sites excluding steroid dienone is 1. The molecule has 0 aliphatic heterocycles. The summed E-state index contributed by atoms with van der Waals surface area (Å²) in [5.41, 5.74) is 1.82. The number of hydrogen-bond acceptors (Lipinski definition) is 9. The van der Waals surface area contributed by atoms with Crippen LogP contribution < -0.4 is 15.5 Å². The van der Waals surface area contributed by atoms with E-state index in [2.05, 4.69) is 20.6 Å². The molecule has 0 aliphatic carbocycles. The first-order chi connectivity index (χ1) is 20.6. The lowest BCUT2D eigenvalue weighted by molar-refractivity contribution is -0.126. The lowest BCUT2D eigenvalue weighted by Crippen LogP contribution is -2.52. The van der Waals surface area contributed by atoms with E-state index in [1.807, 2.05) is 26.0 Å². The zero-order chi connectivity index (χ0) is 31.4. The van der Waals surface area contributed by atoms with E-state index in [1.165, 1.54) is 23.5 Å². The third-order valence-corrected chi connectivity index (χ3v) is 6.16. The number of nitriles is 1. The molecule has 2 aromatic carbocycles. The van der Waals surface area contributed by atoms with E-state index in [9.17, 15) is 29.7 Å². The third-order valence-electron chi connectivity index (χ3n) is 6.16. The van der Waals surface area contributed by atoms with Crippen LogP contribution in [0.4, 0.5) is 5.69 Å². The van der Waals surface area contributed by atoms with Crippen molar-refractivity contribution in [1.29, 1.82) is 5.26 Å². The summed E-state index contributed by atoms with van der Waals surface area (Å²) in [4.78, 5) is 48.7. The minimum Gasteiger partial charge on any atom is -0.402 e. The number of rotatable bonds is 13. The summed E-state index contributed by atoms with van der Waals surface area (Å²) in [6.07, 6.45) is 4.55. The fourth-order valence-electron chi connectivity index (χ4n) is 4.14. The Balaban J connectivity index is 1.87. The average Bonchev–Trinajstić information content (AvgIpc) is 2.99. The molecule has 0 unspecified atom stereocenters. The smallest absolute Gasteiger partial charge is 0.402 e. The van der Waals surface area contributed by atoms with Gasteiger partial charge in [-0.15, -0.1) is 0 Å². The molecule has 2 atom stereocenters. The van der Waals surface area contributed by atoms with Crippen LogP contribution in [0.1, 0.15) is 35.5 Å². The Morgan fingerprint density at radius 3 is 2.40 bits per heavy atom. The summed E-state index contributed by atoms with van der Waals surface area (Å²) in [5, 5.41) is 33.7. The van der Waals surface area contributed by atoms with Crippen LogP contribution in [0.2, 0.25) is 0 Å². The summed E-state index contributed by atoms with van der Waals surface area (Å²) in [6, 6.07) is 16.5. The van der Waals surface area contributed by atoms with Crippen molar-refractivity contribution in [3.8, 4) is 6.07 Å². The van der Waals surface area contributed by atoms with Gasteiger partial charge in [0.05, 0.1) is 6.20 Å². The highest BCUT2D eigenvalue weighted by Crippen LogP contribution is 2.19. The number of amides is 3. The van der Waals surface area contributed by atoms with Gasteiger partial charge in [-0.3, -0.25) is 19.4 Å². The van der Waals surface area contributed by atoms with Gasteiger partial charge in [0, 0.05) is 38.0 Å². The standard InChI is InChI=1S/C30H33BN6O6/c1-20(2)14-23(18-32)30(40)37(3)24-11-7-10-22(15-24)16-25(35-29(39)26-19-33-12-13-34-26)28(38)36-27(43-31(41)42)17-21-8-5-4-6-9-21/h4-15,19-20,25,27,41-42H,16-17H2,1-3H3,(H,35,39)(H,36,38)/t25-,27+/m0/s1. The lowest BCUT2D eigenvalue weighted by Gasteiger charge is -2.24. The molecule has 3 amide bonds. The molecule has 1 aromatic heterocycles. The highest BCUT2D eigenvalue weighted by molar-refractivity contribution is 6.32. The molecular formula is C30H33BN6O6. The van der Waals surface area contributed by atoms with Crippen LogP contribution in [0.3, 0.4) is 0 Å². The van der Waals surface area contributed by atoms with Gasteiger partial charge in [-0.1, -0.05) is 62.4 Å². The molecule has 3 rings (SSSR count). The van der Waals surface area contributed by atoms with E-state index in [1.54, 1.807) is 61.7 Å². The predicted molar refractivity (Wildman–Crippen MR) is 159 cm³/mol. The molecule has 0 saturated heterocycles. The van der Waals surface area contributed by atoms with E-state index in [0.717, 1.165) is 5.56 Å². The quantitative estimate of drug-likeness (QED) is 0.100. The molecule has 4 N–H and O–H groups in total. The van der Waals surface area contributed by atoms with Crippen molar-refractivity contribution < 1.29 is 29.1 Å². The number of nitrogens with zero attached hydrogens (tertiary/aromatic N) is 4. The number of nitrogens with one attached hydrogen (secondary N) is 2. The Morgan fingerprint density at radius 1 is 1.05 bits per heavy atom. The Morgan fingerprint density at radius 2 is 1.77 bits per heavy atom. The van der Waals surface area contributed by atoms with Gasteiger partial charge in [-0.25, -0.2) is 4.98 Å². The van der Waals surface area contributed by atoms with Gasteiger partial charge >= 0.3 is 7.32 Å². The van der Waals surface area contributed by atoms with Crippen molar-refractivity contribution in [2.45, 2.75) is 39.0 Å². The monoisotopic (exact) mass is 584 g/mol. The minimum atomic E-state index is -2.16. The molecule has 12 nitrogen and oxygen atoms in total. The fraction of sp³-hybridized carbons (Fsp3) is 0.267. The largest absolute Gasteiger partial charge is 0.635 e. The van der Waals surface area contributed by atoms with Gasteiger partial charge in [0.1, 0.15) is 29.6 Å². The molecule has 0 aliphatic rings. The normalized spacial score (nSPS) is 12.5. The van der Waals surface area contributed by atoms with Gasteiger partial charge < -0.3 is 30.2 Å². The summed E-state index contributed by atoms with van der Waals surface area (Å²) in [6.45, 7) is 3.73. The van der Waals surface area contributed by atoms with Gasteiger partial charge in [-0.05, 0) is 29.2 Å². The molecule has 43 heavy (non-hydrogen) atoms. The van der Waals surface area contributed by atoms with E-state index in [4.69, 9.17) is 4.65 Å². The summed E-state index contributed by atoms with van der Waals surface area (Å²) in [5.74, 6) is -1.81. The number of benzene rings is 2. The fourth-order valence-corrected chi connectivity index (χ4v) is 4.14. The Kier molecular flexibility index (Phi) is 12.1. The maximum atomic E-state index is 13.5. The topological polar surface area (TPSA) is 178 Å². The first-order valence-electron chi connectivity index (χ1n) is 13.5. The van der Waals surface area contributed by atoms with Crippen molar-refractivity contribution in [2.24, 2.45) is 5.92 Å². The molecule has 222 valence electrons. The summed E-state index contributed by atoms with van der Waals surface area (Å²) in [7, 11) is -0.618. The van der Waals surface area contributed by atoms with Crippen LogP contribution in [0.5, 0.6) is 0 Å². The van der Waals surface area contributed by atoms with Crippen LogP contribution in [-0.4, -0.2) is 64.4 Å². The Hall–Kier alpha value is -4.90. The van der Waals surface area contributed by atoms with Gasteiger partial charge in [0.15, 0.2) is 0 Å². The van der Waals surface area contributed by atoms with Crippen molar-refractivity contribution in [3.05, 3.63) is 102 Å². The van der Waals surface area contributed by atoms with E-state index in [-0.39, 0.29) is 30.0 Å². The second kappa shape index (κ2) is 15.9. The Bertz CT molecular complexity index is 1460. The first-order valence-corrected chi connectivity index (χ1v) is 13.5. The predicted octanol–water partition coefficient (Wildman–Crippen LogP) is 1.56. The van der Waals surface area contributed by atoms with Crippen molar-refractivity contribution in [1.82, 2.24) is 20.6 Å². The molecular weight excluding hydrogens is 551 g/mol. The summed E-state index contributed by atoms with van der Waals surface area (Å²) < 4.78 is 5.12. The van der Waals surface area contributed by atoms with Crippen LogP contribution in [0, 0.1) is 17.2 Å². The van der Waals surface area contributed by atoms with Crippen molar-refractivity contribution in [2.75, 3.05) is 11.9 Å². The van der Waals surface area contributed by atoms with Crippen molar-refractivity contribution in [3.63, 3.8) is 0 Å². The molecule has 0 fully saturated rings. The van der Waals surface area contributed by atoms with Crippen LogP contribution in [0.15, 0.2) is 84.8 Å². The third kappa shape index (κ3) is 10.2. The van der Waals surface area contributed by atoms with Crippen molar-refractivity contribution >= 4 is 30.7 Å². The molecule has 13 heteroatoms. The minimum absolute atomic E-state index is 0.00263. The average molecular weight is 584 g/mol. The molecule has 0 radical (unpaired) electrons. The number of aromatic nitrogens is 2. The SMILES string of the molecule is CC(C)C=C(C#N)C(=O)N(C)c1cccc(C[C@H](NC(=O)c2cnccn2)C(=O)N[C@@H](Cc2ccccc2)OB(O)O)c1. The zero-order valence-electron chi connectivity index (χ0n) is 24.0. The first kappa shape index (κ1) is 32.6. The number of carbonyl (C=O) groups is 3. The van der Waals surface area contributed by atoms with E-state index >= 15 is 0 Å². The highest BCUT2D eigenvalue weighted by Gasteiger charge is 2.28. The molecule has 0 bridgehead atoms. The maximum Gasteiger partial charge on any atom is 0.635 e.